The number of benzene rings is 2. The second-order valence-electron chi connectivity index (χ2n) is 7.80. The molecule has 174 valence electrons. The number of carboxylic acid groups (broad SMARTS) is 1. The van der Waals surface area contributed by atoms with Crippen molar-refractivity contribution in [3.05, 3.63) is 59.2 Å². The Hall–Kier alpha value is -3.17. The normalized spacial score (nSPS) is 16.2. The highest BCUT2D eigenvalue weighted by molar-refractivity contribution is 7.98. The number of Topliss-reactive ketones (excluding diaryl/α,β-unsaturated/α-hetero) is 1. The van der Waals surface area contributed by atoms with Crippen molar-refractivity contribution in [1.29, 1.82) is 0 Å². The van der Waals surface area contributed by atoms with Gasteiger partial charge in [-0.25, -0.2) is 4.79 Å². The fraction of sp³-hybridized carbons (Fsp3) is 0.333. The summed E-state index contributed by atoms with van der Waals surface area (Å²) in [5.74, 6) is -1.59. The van der Waals surface area contributed by atoms with Crippen LogP contribution in [0.2, 0.25) is 0 Å². The van der Waals surface area contributed by atoms with Crippen LogP contribution in [0.3, 0.4) is 0 Å². The third-order valence-corrected chi connectivity index (χ3v) is 6.22. The molecule has 0 aliphatic carbocycles. The SMILES string of the molecule is CSCCC(NC(=O)c1cccc(C(=O)C2CCC(=O)N2)c1-c1ccc(CN)cc1)C(=O)O. The number of nitrogens with two attached hydrogens (primary N) is 1. The number of carbonyl (C=O) groups is 4. The minimum absolute atomic E-state index is 0.186. The molecule has 2 amide bonds. The molecule has 0 aromatic heterocycles. The molecule has 2 atom stereocenters. The monoisotopic (exact) mass is 469 g/mol. The van der Waals surface area contributed by atoms with Crippen LogP contribution in [-0.4, -0.2) is 52.8 Å². The Labute approximate surface area is 196 Å². The molecule has 2 aromatic carbocycles. The van der Waals surface area contributed by atoms with Gasteiger partial charge in [0.05, 0.1) is 6.04 Å². The van der Waals surface area contributed by atoms with Gasteiger partial charge in [0.25, 0.3) is 5.91 Å². The van der Waals surface area contributed by atoms with Crippen LogP contribution >= 0.6 is 11.8 Å². The first-order valence-electron chi connectivity index (χ1n) is 10.6. The van der Waals surface area contributed by atoms with Crippen molar-refractivity contribution in [1.82, 2.24) is 10.6 Å². The topological polar surface area (TPSA) is 139 Å². The van der Waals surface area contributed by atoms with E-state index in [1.54, 1.807) is 30.3 Å². The van der Waals surface area contributed by atoms with Crippen molar-refractivity contribution >= 4 is 35.3 Å². The lowest BCUT2D eigenvalue weighted by Crippen LogP contribution is -2.41. The van der Waals surface area contributed by atoms with E-state index in [-0.39, 0.29) is 30.1 Å². The molecule has 0 bridgehead atoms. The zero-order valence-electron chi connectivity index (χ0n) is 18.3. The highest BCUT2D eigenvalue weighted by Gasteiger charge is 2.31. The molecular formula is C24H27N3O5S. The molecule has 1 aliphatic rings. The Morgan fingerprint density at radius 1 is 1.18 bits per heavy atom. The summed E-state index contributed by atoms with van der Waals surface area (Å²) < 4.78 is 0. The number of aliphatic carboxylic acids is 1. The smallest absolute Gasteiger partial charge is 0.326 e. The van der Waals surface area contributed by atoms with Crippen molar-refractivity contribution in [3.63, 3.8) is 0 Å². The van der Waals surface area contributed by atoms with Crippen LogP contribution in [0.5, 0.6) is 0 Å². The molecule has 2 unspecified atom stereocenters. The average Bonchev–Trinajstić information content (AvgIpc) is 3.26. The van der Waals surface area contributed by atoms with Crippen molar-refractivity contribution in [2.24, 2.45) is 5.73 Å². The summed E-state index contributed by atoms with van der Waals surface area (Å²) in [5.41, 5.74) is 8.11. The number of hydrogen-bond donors (Lipinski definition) is 4. The number of carboxylic acids is 1. The Kier molecular flexibility index (Phi) is 8.24. The Balaban J connectivity index is 2.05. The molecular weight excluding hydrogens is 442 g/mol. The second kappa shape index (κ2) is 11.1. The molecule has 33 heavy (non-hydrogen) atoms. The Bertz CT molecular complexity index is 1050. The largest absolute Gasteiger partial charge is 0.480 e. The number of thioether (sulfide) groups is 1. The highest BCUT2D eigenvalue weighted by Crippen LogP contribution is 2.30. The summed E-state index contributed by atoms with van der Waals surface area (Å²) in [6.45, 7) is 0.345. The first-order chi connectivity index (χ1) is 15.8. The van der Waals surface area contributed by atoms with Gasteiger partial charge >= 0.3 is 5.97 Å². The molecule has 0 radical (unpaired) electrons. The average molecular weight is 470 g/mol. The summed E-state index contributed by atoms with van der Waals surface area (Å²) in [6, 6.07) is 10.3. The number of nitrogens with one attached hydrogen (secondary N) is 2. The summed E-state index contributed by atoms with van der Waals surface area (Å²) in [4.78, 5) is 49.8. The van der Waals surface area contributed by atoms with Gasteiger partial charge in [-0.1, -0.05) is 36.4 Å². The van der Waals surface area contributed by atoms with Crippen molar-refractivity contribution in [3.8, 4) is 11.1 Å². The minimum atomic E-state index is -1.12. The molecule has 2 aromatic rings. The highest BCUT2D eigenvalue weighted by atomic mass is 32.2. The van der Waals surface area contributed by atoms with Crippen LogP contribution in [0.15, 0.2) is 42.5 Å². The third-order valence-electron chi connectivity index (χ3n) is 5.58. The van der Waals surface area contributed by atoms with E-state index in [2.05, 4.69) is 10.6 Å². The number of amides is 2. The summed E-state index contributed by atoms with van der Waals surface area (Å²) in [7, 11) is 0. The Morgan fingerprint density at radius 2 is 1.88 bits per heavy atom. The van der Waals surface area contributed by atoms with Crippen molar-refractivity contribution < 1.29 is 24.3 Å². The summed E-state index contributed by atoms with van der Waals surface area (Å²) in [6.07, 6.45) is 2.79. The van der Waals surface area contributed by atoms with Gasteiger partial charge in [0.1, 0.15) is 6.04 Å². The lowest BCUT2D eigenvalue weighted by molar-refractivity contribution is -0.139. The maximum absolute atomic E-state index is 13.3. The number of rotatable bonds is 10. The molecule has 3 rings (SSSR count). The van der Waals surface area contributed by atoms with E-state index in [0.717, 1.165) is 5.56 Å². The van der Waals surface area contributed by atoms with Crippen LogP contribution in [-0.2, 0) is 16.1 Å². The fourth-order valence-corrected chi connectivity index (χ4v) is 4.26. The predicted octanol–water partition coefficient (Wildman–Crippen LogP) is 2.21. The lowest BCUT2D eigenvalue weighted by Gasteiger charge is -2.19. The van der Waals surface area contributed by atoms with E-state index in [4.69, 9.17) is 5.73 Å². The van der Waals surface area contributed by atoms with Gasteiger partial charge in [0.2, 0.25) is 5.91 Å². The lowest BCUT2D eigenvalue weighted by atomic mass is 9.89. The summed E-state index contributed by atoms with van der Waals surface area (Å²) >= 11 is 1.49. The minimum Gasteiger partial charge on any atom is -0.480 e. The van der Waals surface area contributed by atoms with Gasteiger partial charge in [0.15, 0.2) is 5.78 Å². The standard InChI is InChI=1S/C24H27N3O5S/c1-33-12-11-19(24(31)32)27-23(30)17-4-2-3-16(22(29)18-9-10-20(28)26-18)21(17)15-7-5-14(13-25)6-8-15/h2-8,18-19H,9-13,25H2,1H3,(H,26,28)(H,27,30)(H,31,32). The third kappa shape index (κ3) is 5.80. The second-order valence-corrected chi connectivity index (χ2v) is 8.78. The molecule has 1 saturated heterocycles. The first-order valence-corrected chi connectivity index (χ1v) is 12.0. The first kappa shape index (κ1) is 24.5. The molecule has 8 nitrogen and oxygen atoms in total. The van der Waals surface area contributed by atoms with Crippen molar-refractivity contribution in [2.75, 3.05) is 12.0 Å². The van der Waals surface area contributed by atoms with Crippen molar-refractivity contribution in [2.45, 2.75) is 37.9 Å². The molecule has 0 spiro atoms. The van der Waals surface area contributed by atoms with Crippen LogP contribution in [0, 0.1) is 0 Å². The number of carbonyl (C=O) groups excluding carboxylic acids is 3. The predicted molar refractivity (Wildman–Crippen MR) is 127 cm³/mol. The van der Waals surface area contributed by atoms with E-state index in [9.17, 15) is 24.3 Å². The quantitative estimate of drug-likeness (QED) is 0.391. The molecule has 0 saturated carbocycles. The zero-order valence-corrected chi connectivity index (χ0v) is 19.1. The molecule has 1 aliphatic heterocycles. The van der Waals surface area contributed by atoms with E-state index in [1.165, 1.54) is 11.8 Å². The van der Waals surface area contributed by atoms with Gasteiger partial charge in [-0.15, -0.1) is 0 Å². The number of hydrogen-bond acceptors (Lipinski definition) is 6. The van der Waals surface area contributed by atoms with Gasteiger partial charge < -0.3 is 21.5 Å². The van der Waals surface area contributed by atoms with Crippen LogP contribution < -0.4 is 16.4 Å². The van der Waals surface area contributed by atoms with E-state index in [1.807, 2.05) is 18.4 Å². The van der Waals surface area contributed by atoms with Crippen LogP contribution in [0.4, 0.5) is 0 Å². The maximum atomic E-state index is 13.3. The van der Waals surface area contributed by atoms with Gasteiger partial charge in [-0.05, 0) is 42.0 Å². The van der Waals surface area contributed by atoms with Crippen LogP contribution in [0.1, 0.15) is 45.5 Å². The van der Waals surface area contributed by atoms with E-state index < -0.39 is 24.0 Å². The fourth-order valence-electron chi connectivity index (χ4n) is 3.79. The van der Waals surface area contributed by atoms with Crippen LogP contribution in [0.25, 0.3) is 11.1 Å². The molecule has 9 heteroatoms. The molecule has 1 fully saturated rings. The zero-order chi connectivity index (χ0) is 24.0. The van der Waals surface area contributed by atoms with Gasteiger partial charge in [-0.2, -0.15) is 11.8 Å². The maximum Gasteiger partial charge on any atom is 0.326 e. The van der Waals surface area contributed by atoms with E-state index in [0.29, 0.717) is 35.4 Å². The molecule has 1 heterocycles. The van der Waals surface area contributed by atoms with Gasteiger partial charge in [0, 0.05) is 29.7 Å². The van der Waals surface area contributed by atoms with E-state index >= 15 is 0 Å². The summed E-state index contributed by atoms with van der Waals surface area (Å²) in [5, 5.41) is 14.8. The number of ketones is 1. The van der Waals surface area contributed by atoms with Gasteiger partial charge in [-0.3, -0.25) is 14.4 Å². The Morgan fingerprint density at radius 3 is 2.45 bits per heavy atom. The molecule has 5 N–H and O–H groups in total.